The first-order valence-electron chi connectivity index (χ1n) is 8.40. The van der Waals surface area contributed by atoms with Gasteiger partial charge in [0.15, 0.2) is 6.10 Å². The number of anilines is 1. The van der Waals surface area contributed by atoms with Crippen LogP contribution in [0.25, 0.3) is 11.5 Å². The molecular formula is C20H17F3N2O3. The van der Waals surface area contributed by atoms with E-state index >= 15 is 0 Å². The summed E-state index contributed by atoms with van der Waals surface area (Å²) in [6.45, 7) is 3.14. The number of alkyl halides is 3. The molecule has 0 spiro atoms. The van der Waals surface area contributed by atoms with E-state index in [0.29, 0.717) is 22.9 Å². The molecule has 3 rings (SSSR count). The maximum atomic E-state index is 13.1. The lowest BCUT2D eigenvalue weighted by molar-refractivity contribution is -0.140. The topological polar surface area (TPSA) is 64.4 Å². The van der Waals surface area contributed by atoms with Crippen LogP contribution >= 0.6 is 0 Å². The van der Waals surface area contributed by atoms with Crippen molar-refractivity contribution in [2.45, 2.75) is 26.1 Å². The van der Waals surface area contributed by atoms with Gasteiger partial charge in [-0.2, -0.15) is 13.2 Å². The van der Waals surface area contributed by atoms with Gasteiger partial charge in [-0.05, 0) is 44.2 Å². The highest BCUT2D eigenvalue weighted by Crippen LogP contribution is 2.36. The summed E-state index contributed by atoms with van der Waals surface area (Å²) in [5.41, 5.74) is 0.163. The van der Waals surface area contributed by atoms with Crippen molar-refractivity contribution in [1.82, 2.24) is 4.98 Å². The zero-order chi connectivity index (χ0) is 20.3. The summed E-state index contributed by atoms with van der Waals surface area (Å²) in [6, 6.07) is 11.5. The third-order valence-electron chi connectivity index (χ3n) is 3.86. The Hall–Kier alpha value is -3.29. The van der Waals surface area contributed by atoms with E-state index in [9.17, 15) is 18.0 Å². The van der Waals surface area contributed by atoms with Gasteiger partial charge in [-0.15, -0.1) is 0 Å². The fourth-order valence-corrected chi connectivity index (χ4v) is 2.51. The highest BCUT2D eigenvalue weighted by atomic mass is 19.4. The molecule has 1 amide bonds. The number of aryl methyl sites for hydroxylation is 1. The van der Waals surface area contributed by atoms with Crippen molar-refractivity contribution in [3.63, 3.8) is 0 Å². The summed E-state index contributed by atoms with van der Waals surface area (Å²) in [4.78, 5) is 16.5. The molecule has 0 fully saturated rings. The molecule has 3 aromatic rings. The molecule has 1 heterocycles. The predicted octanol–water partition coefficient (Wildman–Crippen LogP) is 5.07. The van der Waals surface area contributed by atoms with Gasteiger partial charge in [-0.25, -0.2) is 4.98 Å². The number of para-hydroxylation sites is 1. The number of halogens is 3. The van der Waals surface area contributed by atoms with Crippen LogP contribution in [0.5, 0.6) is 5.75 Å². The lowest BCUT2D eigenvalue weighted by Crippen LogP contribution is -2.30. The van der Waals surface area contributed by atoms with Crippen molar-refractivity contribution in [3.8, 4) is 17.2 Å². The number of benzene rings is 2. The minimum Gasteiger partial charge on any atom is -0.480 e. The van der Waals surface area contributed by atoms with Crippen molar-refractivity contribution in [2.75, 3.05) is 5.32 Å². The second kappa shape index (κ2) is 7.75. The third-order valence-corrected chi connectivity index (χ3v) is 3.86. The monoisotopic (exact) mass is 390 g/mol. The Morgan fingerprint density at radius 3 is 2.61 bits per heavy atom. The maximum Gasteiger partial charge on any atom is 0.419 e. The fraction of sp³-hybridized carbons (Fsp3) is 0.200. The van der Waals surface area contributed by atoms with Crippen molar-refractivity contribution < 1.29 is 27.1 Å². The van der Waals surface area contributed by atoms with Gasteiger partial charge >= 0.3 is 6.18 Å². The van der Waals surface area contributed by atoms with E-state index in [1.807, 2.05) is 0 Å². The molecule has 0 radical (unpaired) electrons. The molecule has 0 bridgehead atoms. The lowest BCUT2D eigenvalue weighted by atomic mass is 10.2. The van der Waals surface area contributed by atoms with E-state index in [1.54, 1.807) is 37.4 Å². The van der Waals surface area contributed by atoms with E-state index in [4.69, 9.17) is 9.15 Å². The molecule has 0 saturated heterocycles. The number of carbonyl (C=O) groups excluding carboxylic acids is 1. The van der Waals surface area contributed by atoms with Crippen LogP contribution in [0.3, 0.4) is 0 Å². The summed E-state index contributed by atoms with van der Waals surface area (Å²) in [5.74, 6) is 0.0613. The minimum atomic E-state index is -4.57. The summed E-state index contributed by atoms with van der Waals surface area (Å²) >= 11 is 0. The largest absolute Gasteiger partial charge is 0.480 e. The van der Waals surface area contributed by atoms with Crippen LogP contribution in [-0.2, 0) is 11.0 Å². The maximum absolute atomic E-state index is 13.1. The molecule has 28 heavy (non-hydrogen) atoms. The zero-order valence-electron chi connectivity index (χ0n) is 15.1. The average Bonchev–Trinajstić information content (AvgIpc) is 3.08. The molecule has 146 valence electrons. The molecule has 0 aliphatic heterocycles. The molecule has 5 nitrogen and oxygen atoms in total. The molecule has 1 unspecified atom stereocenters. The van der Waals surface area contributed by atoms with Crippen molar-refractivity contribution in [2.24, 2.45) is 0 Å². The van der Waals surface area contributed by atoms with Crippen LogP contribution in [0.1, 0.15) is 18.2 Å². The predicted molar refractivity (Wildman–Crippen MR) is 96.8 cm³/mol. The SMILES string of the molecule is Cc1cnc(-c2cccc(NC(=O)C(C)Oc3ccccc3C(F)(F)F)c2)o1. The average molecular weight is 390 g/mol. The lowest BCUT2D eigenvalue weighted by Gasteiger charge is -2.18. The number of nitrogens with one attached hydrogen (secondary N) is 1. The quantitative estimate of drug-likeness (QED) is 0.660. The smallest absolute Gasteiger partial charge is 0.419 e. The molecule has 1 atom stereocenters. The first-order chi connectivity index (χ1) is 13.2. The molecule has 1 aromatic heterocycles. The van der Waals surface area contributed by atoms with Crippen molar-refractivity contribution in [3.05, 3.63) is 66.1 Å². The van der Waals surface area contributed by atoms with Crippen LogP contribution in [-0.4, -0.2) is 17.0 Å². The first kappa shape index (κ1) is 19.5. The molecule has 8 heteroatoms. The Labute approximate surface area is 159 Å². The number of hydrogen-bond donors (Lipinski definition) is 1. The summed E-state index contributed by atoms with van der Waals surface area (Å²) in [6.07, 6.45) is -4.14. The molecular weight excluding hydrogens is 373 g/mol. The van der Waals surface area contributed by atoms with Gasteiger partial charge < -0.3 is 14.5 Å². The van der Waals surface area contributed by atoms with E-state index < -0.39 is 29.5 Å². The van der Waals surface area contributed by atoms with Crippen LogP contribution in [0.2, 0.25) is 0 Å². The van der Waals surface area contributed by atoms with Gasteiger partial charge in [0.25, 0.3) is 5.91 Å². The van der Waals surface area contributed by atoms with E-state index in [0.717, 1.165) is 6.07 Å². The Kier molecular flexibility index (Phi) is 5.39. The summed E-state index contributed by atoms with van der Waals surface area (Å²) in [5, 5.41) is 2.62. The van der Waals surface area contributed by atoms with Gasteiger partial charge in [-0.1, -0.05) is 18.2 Å². The Balaban J connectivity index is 1.72. The second-order valence-electron chi connectivity index (χ2n) is 6.10. The number of hydrogen-bond acceptors (Lipinski definition) is 4. The minimum absolute atomic E-state index is 0.400. The van der Waals surface area contributed by atoms with Gasteiger partial charge in [0.1, 0.15) is 11.5 Å². The standard InChI is InChI=1S/C20H17F3N2O3/c1-12-11-24-19(27-12)14-6-5-7-15(10-14)25-18(26)13(2)28-17-9-4-3-8-16(17)20(21,22)23/h3-11,13H,1-2H3,(H,25,26). The summed E-state index contributed by atoms with van der Waals surface area (Å²) < 4.78 is 49.9. The molecule has 0 aliphatic carbocycles. The molecule has 0 aliphatic rings. The number of aromatic nitrogens is 1. The van der Waals surface area contributed by atoms with Crippen LogP contribution in [0.15, 0.2) is 59.1 Å². The highest BCUT2D eigenvalue weighted by molar-refractivity contribution is 5.94. The van der Waals surface area contributed by atoms with Crippen LogP contribution in [0, 0.1) is 6.92 Å². The number of amides is 1. The highest BCUT2D eigenvalue weighted by Gasteiger charge is 2.34. The van der Waals surface area contributed by atoms with E-state index in [2.05, 4.69) is 10.3 Å². The number of ether oxygens (including phenoxy) is 1. The van der Waals surface area contributed by atoms with Gasteiger partial charge in [0.05, 0.1) is 11.8 Å². The van der Waals surface area contributed by atoms with E-state index in [1.165, 1.54) is 25.1 Å². The number of carbonyl (C=O) groups is 1. The van der Waals surface area contributed by atoms with Gasteiger partial charge in [-0.3, -0.25) is 4.79 Å². The molecule has 1 N–H and O–H groups in total. The molecule has 2 aromatic carbocycles. The zero-order valence-corrected chi connectivity index (χ0v) is 15.1. The second-order valence-corrected chi connectivity index (χ2v) is 6.10. The van der Waals surface area contributed by atoms with Crippen LogP contribution in [0.4, 0.5) is 18.9 Å². The number of oxazole rings is 1. The fourth-order valence-electron chi connectivity index (χ4n) is 2.51. The van der Waals surface area contributed by atoms with Crippen LogP contribution < -0.4 is 10.1 Å². The normalized spacial score (nSPS) is 12.5. The van der Waals surface area contributed by atoms with E-state index in [-0.39, 0.29) is 0 Å². The van der Waals surface area contributed by atoms with Gasteiger partial charge in [0, 0.05) is 11.3 Å². The van der Waals surface area contributed by atoms with Gasteiger partial charge in [0.2, 0.25) is 5.89 Å². The Morgan fingerprint density at radius 1 is 1.18 bits per heavy atom. The third kappa shape index (κ3) is 4.51. The Bertz CT molecular complexity index is 983. The first-order valence-corrected chi connectivity index (χ1v) is 8.40. The Morgan fingerprint density at radius 2 is 1.93 bits per heavy atom. The summed E-state index contributed by atoms with van der Waals surface area (Å²) in [7, 11) is 0. The number of rotatable bonds is 5. The number of nitrogens with zero attached hydrogens (tertiary/aromatic N) is 1. The van der Waals surface area contributed by atoms with Crippen molar-refractivity contribution >= 4 is 11.6 Å². The van der Waals surface area contributed by atoms with Crippen molar-refractivity contribution in [1.29, 1.82) is 0 Å². The molecule has 0 saturated carbocycles.